The van der Waals surface area contributed by atoms with E-state index in [1.807, 2.05) is 6.07 Å². The molecule has 1 aliphatic heterocycles. The van der Waals surface area contributed by atoms with E-state index in [1.165, 1.54) is 25.3 Å². The van der Waals surface area contributed by atoms with Gasteiger partial charge in [-0.2, -0.15) is 5.26 Å². The summed E-state index contributed by atoms with van der Waals surface area (Å²) in [5.41, 5.74) is -0.0298. The molecule has 7 nitrogen and oxygen atoms in total. The maximum absolute atomic E-state index is 12.6. The molecular formula is C20H18F3N3O4. The van der Waals surface area contributed by atoms with Crippen molar-refractivity contribution in [1.29, 1.82) is 5.26 Å². The predicted octanol–water partition coefficient (Wildman–Crippen LogP) is 3.56. The first-order valence-corrected chi connectivity index (χ1v) is 9.07. The molecule has 1 aromatic heterocycles. The summed E-state index contributed by atoms with van der Waals surface area (Å²) in [6.45, 7) is 2.18. The van der Waals surface area contributed by atoms with Crippen LogP contribution in [0.15, 0.2) is 34.1 Å². The average Bonchev–Trinajstić information content (AvgIpc) is 3.19. The number of nitriles is 1. The van der Waals surface area contributed by atoms with Crippen molar-refractivity contribution in [3.63, 3.8) is 0 Å². The Hall–Kier alpha value is -3.32. The Balaban J connectivity index is 1.93. The van der Waals surface area contributed by atoms with Gasteiger partial charge in [-0.15, -0.1) is 13.2 Å². The highest BCUT2D eigenvalue weighted by Crippen LogP contribution is 2.26. The second-order valence-corrected chi connectivity index (χ2v) is 6.70. The van der Waals surface area contributed by atoms with Crippen molar-refractivity contribution < 1.29 is 27.8 Å². The molecule has 0 amide bonds. The monoisotopic (exact) mass is 421 g/mol. The average molecular weight is 421 g/mol. The van der Waals surface area contributed by atoms with Gasteiger partial charge in [-0.1, -0.05) is 0 Å². The molecule has 2 aromatic rings. The molecule has 0 saturated carbocycles. The number of halogens is 3. The first-order chi connectivity index (χ1) is 14.2. The second kappa shape index (κ2) is 8.59. The number of alkyl halides is 3. The van der Waals surface area contributed by atoms with Crippen molar-refractivity contribution in [2.24, 2.45) is 4.99 Å². The molecule has 158 valence electrons. The second-order valence-electron chi connectivity index (χ2n) is 6.70. The van der Waals surface area contributed by atoms with Gasteiger partial charge in [-0.3, -0.25) is 14.4 Å². The van der Waals surface area contributed by atoms with Crippen LogP contribution in [-0.2, 0) is 11.3 Å². The SMILES string of the molecule is Cc1c(C=Nc2ccc(OC(F)(F)F)cc2)c(O)n(C[C@@H]2CCCO2)c(=O)c1C#N. The molecule has 0 unspecified atom stereocenters. The van der Waals surface area contributed by atoms with E-state index in [-0.39, 0.29) is 35.2 Å². The van der Waals surface area contributed by atoms with Crippen LogP contribution in [0.4, 0.5) is 18.9 Å². The highest BCUT2D eigenvalue weighted by atomic mass is 19.4. The maximum Gasteiger partial charge on any atom is 0.573 e. The summed E-state index contributed by atoms with van der Waals surface area (Å²) >= 11 is 0. The molecule has 2 heterocycles. The highest BCUT2D eigenvalue weighted by Gasteiger charge is 2.31. The number of pyridine rings is 1. The Labute approximate surface area is 169 Å². The molecule has 1 aromatic carbocycles. The lowest BCUT2D eigenvalue weighted by molar-refractivity contribution is -0.274. The Morgan fingerprint density at radius 2 is 2.10 bits per heavy atom. The zero-order valence-corrected chi connectivity index (χ0v) is 15.9. The topological polar surface area (TPSA) is 96.8 Å². The lowest BCUT2D eigenvalue weighted by Crippen LogP contribution is -2.29. The van der Waals surface area contributed by atoms with Crippen molar-refractivity contribution in [3.05, 3.63) is 51.3 Å². The van der Waals surface area contributed by atoms with Crippen LogP contribution in [-0.4, -0.2) is 35.0 Å². The fourth-order valence-corrected chi connectivity index (χ4v) is 3.16. The van der Waals surface area contributed by atoms with Gasteiger partial charge in [0, 0.05) is 12.8 Å². The van der Waals surface area contributed by atoms with E-state index in [2.05, 4.69) is 9.73 Å². The van der Waals surface area contributed by atoms with Gasteiger partial charge in [0.1, 0.15) is 17.4 Å². The molecule has 1 saturated heterocycles. The van der Waals surface area contributed by atoms with Crippen molar-refractivity contribution in [2.45, 2.75) is 38.8 Å². The van der Waals surface area contributed by atoms with Crippen LogP contribution in [0.1, 0.15) is 29.5 Å². The molecule has 3 rings (SSSR count). The van der Waals surface area contributed by atoms with Gasteiger partial charge >= 0.3 is 6.36 Å². The van der Waals surface area contributed by atoms with Gasteiger partial charge < -0.3 is 14.6 Å². The molecule has 10 heteroatoms. The normalized spacial score (nSPS) is 16.7. The van der Waals surface area contributed by atoms with Crippen molar-refractivity contribution >= 4 is 11.9 Å². The third kappa shape index (κ3) is 4.80. The van der Waals surface area contributed by atoms with Gasteiger partial charge in [0.15, 0.2) is 0 Å². The Morgan fingerprint density at radius 3 is 2.67 bits per heavy atom. The number of hydrogen-bond donors (Lipinski definition) is 1. The van der Waals surface area contributed by atoms with Gasteiger partial charge in [0.05, 0.1) is 23.9 Å². The molecule has 30 heavy (non-hydrogen) atoms. The summed E-state index contributed by atoms with van der Waals surface area (Å²) in [6.07, 6.45) is -2.19. The van der Waals surface area contributed by atoms with E-state index in [9.17, 15) is 28.3 Å². The van der Waals surface area contributed by atoms with E-state index in [1.54, 1.807) is 0 Å². The van der Waals surface area contributed by atoms with Gasteiger partial charge in [0.25, 0.3) is 5.56 Å². The largest absolute Gasteiger partial charge is 0.573 e. The molecule has 0 aliphatic carbocycles. The van der Waals surface area contributed by atoms with Crippen LogP contribution in [0.2, 0.25) is 0 Å². The molecule has 0 radical (unpaired) electrons. The Kier molecular flexibility index (Phi) is 6.12. The molecule has 0 bridgehead atoms. The Bertz CT molecular complexity index is 1050. The van der Waals surface area contributed by atoms with Crippen LogP contribution in [0, 0.1) is 18.3 Å². The molecule has 1 fully saturated rings. The highest BCUT2D eigenvalue weighted by molar-refractivity contribution is 5.87. The van der Waals surface area contributed by atoms with Crippen LogP contribution in [0.25, 0.3) is 0 Å². The summed E-state index contributed by atoms with van der Waals surface area (Å²) in [6, 6.07) is 6.67. The van der Waals surface area contributed by atoms with Crippen molar-refractivity contribution in [3.8, 4) is 17.7 Å². The van der Waals surface area contributed by atoms with E-state index in [0.29, 0.717) is 12.3 Å². The number of benzene rings is 1. The van der Waals surface area contributed by atoms with E-state index in [0.717, 1.165) is 29.5 Å². The third-order valence-electron chi connectivity index (χ3n) is 4.67. The van der Waals surface area contributed by atoms with Crippen LogP contribution in [0.3, 0.4) is 0 Å². The van der Waals surface area contributed by atoms with Gasteiger partial charge in [0.2, 0.25) is 5.88 Å². The zero-order chi connectivity index (χ0) is 21.9. The zero-order valence-electron chi connectivity index (χ0n) is 15.9. The standard InChI is InChI=1S/C20H18F3N3O4/c1-12-16(9-24)18(27)26(11-15-3-2-8-29-15)19(28)17(12)10-25-13-4-6-14(7-5-13)30-20(21,22)23/h4-7,10,15,28H,2-3,8,11H2,1H3/t15-/m0/s1. The fourth-order valence-electron chi connectivity index (χ4n) is 3.16. The van der Waals surface area contributed by atoms with Crippen LogP contribution < -0.4 is 10.3 Å². The first-order valence-electron chi connectivity index (χ1n) is 9.07. The maximum atomic E-state index is 12.6. The van der Waals surface area contributed by atoms with Crippen LogP contribution in [0.5, 0.6) is 11.6 Å². The van der Waals surface area contributed by atoms with E-state index < -0.39 is 17.7 Å². The molecule has 0 spiro atoms. The number of ether oxygens (including phenoxy) is 2. The summed E-state index contributed by atoms with van der Waals surface area (Å²) in [5.74, 6) is -0.745. The number of hydrogen-bond acceptors (Lipinski definition) is 6. The molecule has 1 aliphatic rings. The lowest BCUT2D eigenvalue weighted by Gasteiger charge is -2.17. The number of aromatic nitrogens is 1. The van der Waals surface area contributed by atoms with Crippen LogP contribution >= 0.6 is 0 Å². The summed E-state index contributed by atoms with van der Waals surface area (Å²) in [5, 5.41) is 20.0. The minimum Gasteiger partial charge on any atom is -0.494 e. The summed E-state index contributed by atoms with van der Waals surface area (Å²) < 4.78 is 47.1. The number of nitrogens with zero attached hydrogens (tertiary/aromatic N) is 3. The molecule has 1 atom stereocenters. The van der Waals surface area contributed by atoms with E-state index in [4.69, 9.17) is 4.74 Å². The number of aliphatic imine (C=N–C) groups is 1. The first kappa shape index (κ1) is 21.4. The van der Waals surface area contributed by atoms with Crippen molar-refractivity contribution in [1.82, 2.24) is 4.57 Å². The minimum atomic E-state index is -4.79. The fraction of sp³-hybridized carbons (Fsp3) is 0.350. The lowest BCUT2D eigenvalue weighted by atomic mass is 10.1. The number of rotatable bonds is 5. The Morgan fingerprint density at radius 1 is 1.40 bits per heavy atom. The minimum absolute atomic E-state index is 0.101. The summed E-state index contributed by atoms with van der Waals surface area (Å²) in [4.78, 5) is 16.7. The summed E-state index contributed by atoms with van der Waals surface area (Å²) in [7, 11) is 0. The van der Waals surface area contributed by atoms with Crippen molar-refractivity contribution in [2.75, 3.05) is 6.61 Å². The van der Waals surface area contributed by atoms with E-state index >= 15 is 0 Å². The molecule has 1 N–H and O–H groups in total. The molecular weight excluding hydrogens is 403 g/mol. The smallest absolute Gasteiger partial charge is 0.494 e. The third-order valence-corrected chi connectivity index (χ3v) is 4.67. The number of aromatic hydroxyl groups is 1. The van der Waals surface area contributed by atoms with Gasteiger partial charge in [-0.25, -0.2) is 0 Å². The quantitative estimate of drug-likeness (QED) is 0.745. The predicted molar refractivity (Wildman–Crippen MR) is 101 cm³/mol. The van der Waals surface area contributed by atoms with Gasteiger partial charge in [-0.05, 0) is 49.6 Å².